The molecule has 2 aliphatic rings. The van der Waals surface area contributed by atoms with Crippen LogP contribution in [0.2, 0.25) is 0 Å². The molecule has 1 aromatic heterocycles. The molecular weight excluding hydrogens is 996 g/mol. The number of aromatic nitrogens is 2. The second-order valence-electron chi connectivity index (χ2n) is 15.9. The molecule has 2 saturated heterocycles. The molecule has 5 rings (SSSR count). The van der Waals surface area contributed by atoms with Gasteiger partial charge in [-0.05, 0) is 36.6 Å². The van der Waals surface area contributed by atoms with Crippen LogP contribution in [0.15, 0.2) is 58.3 Å². The molecule has 3 heterocycles. The summed E-state index contributed by atoms with van der Waals surface area (Å²) >= 11 is 0. The predicted molar refractivity (Wildman–Crippen MR) is 238 cm³/mol. The summed E-state index contributed by atoms with van der Waals surface area (Å²) in [7, 11) is -11.5. The van der Waals surface area contributed by atoms with Crippen LogP contribution in [-0.4, -0.2) is 161 Å². The third kappa shape index (κ3) is 15.2. The predicted octanol–water partition coefficient (Wildman–Crippen LogP) is -2.96. The number of phosphoric acid groups is 2. The standard InChI is InChI=1S/C39H53N7O23P2/c1-2-11-41-36(56)23(14-19-7-9-25(47)24(15-19)46(58)59)43-28(48)10-8-20-16-45(39(57)44-34(20)54)37-32(52)30(50)27(66-37)18-65-70(60,61)69-71(62,63)68-38-33(53)31(51)29(49)26(67-38)17-64-13-12-42-35(55)21-5-3-4-6-22(21)40/h3-7,9,15-16,23,26-27,29-33,37-38,47,49-53H,2,8,10-14,17-18,40H2,1H3,(H,41,56)(H,42,55)(H,43,48)(H,60,61)(H,62,63)(H,44,54,57)/t23?,26-,27-,29+,30-,31+,32-,33-,37-,38-/m1/s1. The largest absolute Gasteiger partial charge is 0.502 e. The molecule has 71 heavy (non-hydrogen) atoms. The van der Waals surface area contributed by atoms with Gasteiger partial charge < -0.3 is 76.3 Å². The maximum Gasteiger partial charge on any atom is 0.483 e. The summed E-state index contributed by atoms with van der Waals surface area (Å²) < 4.78 is 56.0. The molecule has 12 atom stereocenters. The summed E-state index contributed by atoms with van der Waals surface area (Å²) in [6, 6.07) is 8.37. The first-order valence-corrected chi connectivity index (χ1v) is 24.4. The van der Waals surface area contributed by atoms with Crippen molar-refractivity contribution in [2.45, 2.75) is 93.9 Å². The average molecular weight is 1050 g/mol. The molecule has 2 fully saturated rings. The Hall–Kier alpha value is -5.53. The first kappa shape index (κ1) is 56.4. The van der Waals surface area contributed by atoms with E-state index in [4.69, 9.17) is 24.5 Å². The van der Waals surface area contributed by atoms with Gasteiger partial charge in [-0.25, -0.2) is 13.9 Å². The Morgan fingerprint density at radius 1 is 0.930 bits per heavy atom. The van der Waals surface area contributed by atoms with Gasteiger partial charge in [-0.15, -0.1) is 0 Å². The van der Waals surface area contributed by atoms with E-state index in [2.05, 4.69) is 24.8 Å². The number of nitrogens with zero attached hydrogens (tertiary/aromatic N) is 2. The first-order chi connectivity index (χ1) is 33.4. The maximum absolute atomic E-state index is 13.1. The van der Waals surface area contributed by atoms with Gasteiger partial charge >= 0.3 is 27.0 Å². The lowest BCUT2D eigenvalue weighted by Crippen LogP contribution is -2.59. The minimum atomic E-state index is -5.82. The number of aliphatic hydroxyl groups is 5. The monoisotopic (exact) mass is 1050 g/mol. The summed E-state index contributed by atoms with van der Waals surface area (Å²) in [4.78, 5) is 97.1. The fourth-order valence-corrected chi connectivity index (χ4v) is 9.17. The Morgan fingerprint density at radius 3 is 2.31 bits per heavy atom. The first-order valence-electron chi connectivity index (χ1n) is 21.4. The number of aliphatic hydroxyl groups excluding tert-OH is 5. The molecule has 3 amide bonds. The number of para-hydroxylation sites is 1. The highest BCUT2D eigenvalue weighted by Crippen LogP contribution is 2.61. The minimum Gasteiger partial charge on any atom is -0.502 e. The smallest absolute Gasteiger partial charge is 0.483 e. The number of carbonyl (C=O) groups is 3. The summed E-state index contributed by atoms with van der Waals surface area (Å²) in [6.07, 6.45) is -17.4. The van der Waals surface area contributed by atoms with Crippen molar-refractivity contribution in [1.29, 1.82) is 0 Å². The number of phenols is 1. The van der Waals surface area contributed by atoms with Crippen LogP contribution < -0.4 is 32.9 Å². The van der Waals surface area contributed by atoms with Crippen LogP contribution in [0, 0.1) is 10.1 Å². The van der Waals surface area contributed by atoms with Crippen molar-refractivity contribution in [3.05, 3.63) is 96.3 Å². The highest BCUT2D eigenvalue weighted by atomic mass is 31.3. The number of H-pyrrole nitrogens is 1. The number of nitro groups is 1. The lowest BCUT2D eigenvalue weighted by Gasteiger charge is -2.40. The number of ether oxygens (including phenoxy) is 3. The number of hydrogen-bond acceptors (Lipinski definition) is 22. The number of nitrogens with one attached hydrogen (secondary N) is 4. The summed E-state index contributed by atoms with van der Waals surface area (Å²) in [6.45, 7) is 0.00677. The Labute approximate surface area is 400 Å². The van der Waals surface area contributed by atoms with E-state index in [1.807, 2.05) is 4.98 Å². The number of amides is 3. The lowest BCUT2D eigenvalue weighted by atomic mass is 9.99. The third-order valence-corrected chi connectivity index (χ3v) is 13.3. The van der Waals surface area contributed by atoms with Crippen molar-refractivity contribution < 1.29 is 96.4 Å². The molecule has 32 heteroatoms. The van der Waals surface area contributed by atoms with Gasteiger partial charge in [0.25, 0.3) is 11.5 Å². The number of aromatic amines is 1. The van der Waals surface area contributed by atoms with Gasteiger partial charge in [0.05, 0.1) is 30.3 Å². The van der Waals surface area contributed by atoms with Gasteiger partial charge in [-0.1, -0.05) is 25.1 Å². The van der Waals surface area contributed by atoms with Gasteiger partial charge in [0.2, 0.25) is 11.8 Å². The molecule has 2 aliphatic heterocycles. The SMILES string of the molecule is CCCNC(=O)C(Cc1ccc(O)c([N+](=O)[O-])c1)NC(=O)CCc1cn([C@@H]2O[C@H](COP(=O)(O)OP(=O)(O)O[C@H]3O[C@H](COCCNC(=O)c4ccccc4N)[C@H](O)[C@H](O)[C@H]3O)[C@@H](O)[C@H]2O)c(=O)[nH]c1=O. The fraction of sp³-hybridized carbons (Fsp3) is 0.513. The van der Waals surface area contributed by atoms with Gasteiger partial charge in [0, 0.05) is 49.4 Å². The molecule has 0 aliphatic carbocycles. The quantitative estimate of drug-likeness (QED) is 0.0140. The number of carbonyl (C=O) groups excluding carboxylic acids is 3. The second kappa shape index (κ2) is 24.7. The zero-order valence-corrected chi connectivity index (χ0v) is 39.1. The Balaban J connectivity index is 1.14. The Kier molecular flexibility index (Phi) is 19.6. The van der Waals surface area contributed by atoms with E-state index >= 15 is 0 Å². The maximum atomic E-state index is 13.1. The number of nitrogens with two attached hydrogens (primary N) is 1. The number of anilines is 1. The highest BCUT2D eigenvalue weighted by molar-refractivity contribution is 7.61. The van der Waals surface area contributed by atoms with Crippen LogP contribution in [0.1, 0.15) is 47.5 Å². The van der Waals surface area contributed by atoms with Crippen molar-refractivity contribution >= 4 is 44.7 Å². The number of aromatic hydroxyl groups is 1. The summed E-state index contributed by atoms with van der Waals surface area (Å²) in [5, 5.41) is 81.4. The van der Waals surface area contributed by atoms with Crippen LogP contribution in [0.5, 0.6) is 5.75 Å². The number of hydrogen-bond donors (Lipinski definition) is 13. The van der Waals surface area contributed by atoms with Gasteiger partial charge in [0.1, 0.15) is 48.8 Å². The van der Waals surface area contributed by atoms with Gasteiger partial charge in [0.15, 0.2) is 18.3 Å². The molecule has 3 unspecified atom stereocenters. The number of aryl methyl sites for hydroxylation is 1. The molecule has 0 bridgehead atoms. The molecule has 0 spiro atoms. The number of rotatable bonds is 24. The van der Waals surface area contributed by atoms with Crippen LogP contribution in [0.25, 0.3) is 0 Å². The van der Waals surface area contributed by atoms with E-state index < -0.39 is 148 Å². The number of nitrogen functional groups attached to an aromatic ring is 1. The molecule has 2 aromatic carbocycles. The van der Waals surface area contributed by atoms with Crippen molar-refractivity contribution in [3.63, 3.8) is 0 Å². The minimum absolute atomic E-state index is 0.0694. The van der Waals surface area contributed by atoms with Crippen LogP contribution in [-0.2, 0) is 59.1 Å². The number of phenolic OH excluding ortho intramolecular Hbond substituents is 1. The van der Waals surface area contributed by atoms with Crippen molar-refractivity contribution in [2.24, 2.45) is 0 Å². The van der Waals surface area contributed by atoms with Gasteiger partial charge in [-0.3, -0.25) is 47.9 Å². The molecule has 14 N–H and O–H groups in total. The van der Waals surface area contributed by atoms with E-state index in [0.29, 0.717) is 11.0 Å². The molecule has 0 saturated carbocycles. The molecule has 392 valence electrons. The van der Waals surface area contributed by atoms with Crippen molar-refractivity contribution in [1.82, 2.24) is 25.5 Å². The van der Waals surface area contributed by atoms with Crippen molar-refractivity contribution in [3.8, 4) is 5.75 Å². The second-order valence-corrected chi connectivity index (χ2v) is 18.9. The third-order valence-electron chi connectivity index (χ3n) is 10.7. The number of nitro benzene ring substituents is 1. The normalized spacial score (nSPS) is 25.3. The van der Waals surface area contributed by atoms with E-state index in [-0.39, 0.29) is 48.5 Å². The summed E-state index contributed by atoms with van der Waals surface area (Å²) in [5.74, 6) is -2.57. The van der Waals surface area contributed by atoms with Crippen molar-refractivity contribution in [2.75, 3.05) is 38.6 Å². The molecule has 0 radical (unpaired) electrons. The highest BCUT2D eigenvalue weighted by Gasteiger charge is 2.50. The number of phosphoric ester groups is 2. The Bertz CT molecular complexity index is 2600. The van der Waals surface area contributed by atoms with E-state index in [9.17, 15) is 83.6 Å². The lowest BCUT2D eigenvalue weighted by molar-refractivity contribution is -0.385. The molecule has 3 aromatic rings. The van der Waals surface area contributed by atoms with Crippen LogP contribution >= 0.6 is 15.6 Å². The Morgan fingerprint density at radius 2 is 1.62 bits per heavy atom. The van der Waals surface area contributed by atoms with E-state index in [0.717, 1.165) is 18.3 Å². The zero-order valence-electron chi connectivity index (χ0n) is 37.3. The zero-order chi connectivity index (χ0) is 52.4. The molecule has 30 nitrogen and oxygen atoms in total. The topological polar surface area (TPSA) is 463 Å². The van der Waals surface area contributed by atoms with Crippen LogP contribution in [0.3, 0.4) is 0 Å². The van der Waals surface area contributed by atoms with Gasteiger partial charge in [-0.2, -0.15) is 4.31 Å². The number of benzene rings is 2. The summed E-state index contributed by atoms with van der Waals surface area (Å²) in [5.41, 5.74) is 3.36. The van der Waals surface area contributed by atoms with E-state index in [1.54, 1.807) is 19.1 Å². The van der Waals surface area contributed by atoms with E-state index in [1.165, 1.54) is 18.2 Å². The van der Waals surface area contributed by atoms with Crippen LogP contribution in [0.4, 0.5) is 11.4 Å². The fourth-order valence-electron chi connectivity index (χ4n) is 7.01. The molecular formula is C39H53N7O23P2. The average Bonchev–Trinajstić information content (AvgIpc) is 3.58.